The number of amides is 1. The molecule has 1 heterocycles. The van der Waals surface area contributed by atoms with Crippen molar-refractivity contribution in [2.45, 2.75) is 18.9 Å². The second-order valence-corrected chi connectivity index (χ2v) is 2.80. The lowest BCUT2D eigenvalue weighted by Gasteiger charge is -2.24. The smallest absolute Gasteiger partial charge is 0.246 e. The Kier molecular flexibility index (Phi) is 2.84. The molecule has 64 valence electrons. The summed E-state index contributed by atoms with van der Waals surface area (Å²) < 4.78 is 5.07. The van der Waals surface area contributed by atoms with Gasteiger partial charge >= 0.3 is 0 Å². The molecule has 0 aromatic carbocycles. The van der Waals surface area contributed by atoms with E-state index in [2.05, 4.69) is 0 Å². The van der Waals surface area contributed by atoms with E-state index in [-0.39, 0.29) is 5.92 Å². The molecule has 0 unspecified atom stereocenters. The molecular formula is C7H13NO3. The molecule has 1 aliphatic heterocycles. The molecule has 1 amide bonds. The van der Waals surface area contributed by atoms with Crippen molar-refractivity contribution >= 4 is 5.91 Å². The summed E-state index contributed by atoms with van der Waals surface area (Å²) in [4.78, 5) is 10.5. The average Bonchev–Trinajstić information content (AvgIpc) is 2.05. The van der Waals surface area contributed by atoms with E-state index < -0.39 is 12.0 Å². The Morgan fingerprint density at radius 2 is 2.09 bits per heavy atom. The van der Waals surface area contributed by atoms with E-state index >= 15 is 0 Å². The fourth-order valence-electron chi connectivity index (χ4n) is 1.26. The van der Waals surface area contributed by atoms with Gasteiger partial charge < -0.3 is 15.6 Å². The molecule has 3 N–H and O–H groups in total. The first-order valence-electron chi connectivity index (χ1n) is 3.77. The van der Waals surface area contributed by atoms with E-state index in [0.29, 0.717) is 13.2 Å². The lowest BCUT2D eigenvalue weighted by molar-refractivity contribution is -0.130. The zero-order valence-corrected chi connectivity index (χ0v) is 6.32. The highest BCUT2D eigenvalue weighted by atomic mass is 16.5. The Bertz CT molecular complexity index is 143. The first kappa shape index (κ1) is 8.49. The first-order valence-corrected chi connectivity index (χ1v) is 3.77. The largest absolute Gasteiger partial charge is 0.383 e. The van der Waals surface area contributed by atoms with Crippen molar-refractivity contribution in [3.8, 4) is 0 Å². The standard InChI is InChI=1S/C7H13NO3/c8-7(10)6(9)5-1-3-11-4-2-5/h5-6,9H,1-4H2,(H2,8,10)/t6-/m0/s1. The van der Waals surface area contributed by atoms with Crippen molar-refractivity contribution in [1.29, 1.82) is 0 Å². The topological polar surface area (TPSA) is 72.6 Å². The summed E-state index contributed by atoms with van der Waals surface area (Å²) in [6, 6.07) is 0. The molecule has 0 saturated carbocycles. The molecule has 0 aromatic heterocycles. The van der Waals surface area contributed by atoms with Crippen molar-refractivity contribution in [1.82, 2.24) is 0 Å². The second kappa shape index (κ2) is 3.69. The van der Waals surface area contributed by atoms with Crippen LogP contribution in [0.4, 0.5) is 0 Å². The van der Waals surface area contributed by atoms with Gasteiger partial charge in [0.15, 0.2) is 0 Å². The highest BCUT2D eigenvalue weighted by Gasteiger charge is 2.25. The quantitative estimate of drug-likeness (QED) is 0.557. The van der Waals surface area contributed by atoms with Crippen molar-refractivity contribution in [2.24, 2.45) is 11.7 Å². The number of nitrogens with two attached hydrogens (primary N) is 1. The number of rotatable bonds is 2. The predicted octanol–water partition coefficient (Wildman–Crippen LogP) is -0.741. The van der Waals surface area contributed by atoms with Crippen LogP contribution >= 0.6 is 0 Å². The van der Waals surface area contributed by atoms with Crippen LogP contribution < -0.4 is 5.73 Å². The third kappa shape index (κ3) is 2.17. The summed E-state index contributed by atoms with van der Waals surface area (Å²) >= 11 is 0. The van der Waals surface area contributed by atoms with E-state index in [1.54, 1.807) is 0 Å². The fraction of sp³-hybridized carbons (Fsp3) is 0.857. The van der Waals surface area contributed by atoms with E-state index in [0.717, 1.165) is 12.8 Å². The molecule has 1 atom stereocenters. The summed E-state index contributed by atoms with van der Waals surface area (Å²) in [5.74, 6) is -0.627. The van der Waals surface area contributed by atoms with Crippen LogP contribution in [0.3, 0.4) is 0 Å². The maximum absolute atomic E-state index is 10.5. The van der Waals surface area contributed by atoms with Crippen LogP contribution in [0.25, 0.3) is 0 Å². The zero-order chi connectivity index (χ0) is 8.27. The van der Waals surface area contributed by atoms with Crippen LogP contribution in [-0.4, -0.2) is 30.3 Å². The molecule has 1 fully saturated rings. The summed E-state index contributed by atoms with van der Waals surface area (Å²) in [5.41, 5.74) is 4.94. The van der Waals surface area contributed by atoms with Gasteiger partial charge in [-0.3, -0.25) is 4.79 Å². The molecule has 0 aliphatic carbocycles. The minimum Gasteiger partial charge on any atom is -0.383 e. The summed E-state index contributed by atoms with van der Waals surface area (Å²) in [5, 5.41) is 9.22. The van der Waals surface area contributed by atoms with Crippen LogP contribution in [-0.2, 0) is 9.53 Å². The van der Waals surface area contributed by atoms with Gasteiger partial charge in [-0.1, -0.05) is 0 Å². The third-order valence-electron chi connectivity index (χ3n) is 2.00. The van der Waals surface area contributed by atoms with Gasteiger partial charge in [-0.25, -0.2) is 0 Å². The van der Waals surface area contributed by atoms with E-state index in [1.807, 2.05) is 0 Å². The molecule has 4 heteroatoms. The van der Waals surface area contributed by atoms with Gasteiger partial charge in [0.1, 0.15) is 6.10 Å². The summed E-state index contributed by atoms with van der Waals surface area (Å²) in [6.45, 7) is 1.24. The van der Waals surface area contributed by atoms with Gasteiger partial charge in [-0.15, -0.1) is 0 Å². The van der Waals surface area contributed by atoms with Crippen molar-refractivity contribution in [3.05, 3.63) is 0 Å². The summed E-state index contributed by atoms with van der Waals surface area (Å²) in [6.07, 6.45) is 0.465. The highest BCUT2D eigenvalue weighted by molar-refractivity contribution is 5.78. The number of hydrogen-bond acceptors (Lipinski definition) is 3. The fourth-order valence-corrected chi connectivity index (χ4v) is 1.26. The second-order valence-electron chi connectivity index (χ2n) is 2.80. The number of hydrogen-bond donors (Lipinski definition) is 2. The van der Waals surface area contributed by atoms with Crippen LogP contribution in [0.5, 0.6) is 0 Å². The predicted molar refractivity (Wildman–Crippen MR) is 38.7 cm³/mol. The molecule has 0 spiro atoms. The molecule has 0 radical (unpaired) electrons. The highest BCUT2D eigenvalue weighted by Crippen LogP contribution is 2.18. The minimum absolute atomic E-state index is 0.00116. The Hall–Kier alpha value is -0.610. The van der Waals surface area contributed by atoms with Crippen LogP contribution in [0, 0.1) is 5.92 Å². The molecule has 1 rings (SSSR count). The number of ether oxygens (including phenoxy) is 1. The van der Waals surface area contributed by atoms with Gasteiger partial charge in [0.05, 0.1) is 0 Å². The maximum Gasteiger partial charge on any atom is 0.246 e. The SMILES string of the molecule is NC(=O)[C@@H](O)C1CCOCC1. The van der Waals surface area contributed by atoms with Crippen molar-refractivity contribution in [2.75, 3.05) is 13.2 Å². The number of primary amides is 1. The third-order valence-corrected chi connectivity index (χ3v) is 2.00. The lowest BCUT2D eigenvalue weighted by Crippen LogP contribution is -2.37. The van der Waals surface area contributed by atoms with Gasteiger partial charge in [-0.2, -0.15) is 0 Å². The monoisotopic (exact) mass is 159 g/mol. The average molecular weight is 159 g/mol. The number of carbonyl (C=O) groups excluding carboxylic acids is 1. The number of carbonyl (C=O) groups is 1. The van der Waals surface area contributed by atoms with Crippen LogP contribution in [0.15, 0.2) is 0 Å². The minimum atomic E-state index is -0.987. The van der Waals surface area contributed by atoms with Crippen LogP contribution in [0.1, 0.15) is 12.8 Å². The molecule has 11 heavy (non-hydrogen) atoms. The Labute approximate surface area is 65.3 Å². The van der Waals surface area contributed by atoms with E-state index in [9.17, 15) is 9.90 Å². The lowest BCUT2D eigenvalue weighted by atomic mass is 9.94. The normalized spacial score (nSPS) is 23.0. The van der Waals surface area contributed by atoms with Gasteiger partial charge in [0.2, 0.25) is 5.91 Å². The Morgan fingerprint density at radius 1 is 1.55 bits per heavy atom. The Balaban J connectivity index is 2.38. The molecule has 1 saturated heterocycles. The molecule has 1 aliphatic rings. The summed E-state index contributed by atoms with van der Waals surface area (Å²) in [7, 11) is 0. The molecule has 0 aromatic rings. The van der Waals surface area contributed by atoms with Crippen molar-refractivity contribution in [3.63, 3.8) is 0 Å². The molecule has 4 nitrogen and oxygen atoms in total. The van der Waals surface area contributed by atoms with Gasteiger partial charge in [-0.05, 0) is 18.8 Å². The molecule has 0 bridgehead atoms. The van der Waals surface area contributed by atoms with Crippen molar-refractivity contribution < 1.29 is 14.6 Å². The number of aliphatic hydroxyl groups excluding tert-OH is 1. The maximum atomic E-state index is 10.5. The number of aliphatic hydroxyl groups is 1. The Morgan fingerprint density at radius 3 is 2.55 bits per heavy atom. The van der Waals surface area contributed by atoms with E-state index in [4.69, 9.17) is 10.5 Å². The first-order chi connectivity index (χ1) is 5.22. The molecular weight excluding hydrogens is 146 g/mol. The van der Waals surface area contributed by atoms with Gasteiger partial charge in [0.25, 0.3) is 0 Å². The van der Waals surface area contributed by atoms with E-state index in [1.165, 1.54) is 0 Å². The van der Waals surface area contributed by atoms with Crippen LogP contribution in [0.2, 0.25) is 0 Å². The zero-order valence-electron chi connectivity index (χ0n) is 6.32. The van der Waals surface area contributed by atoms with Gasteiger partial charge in [0, 0.05) is 13.2 Å².